The van der Waals surface area contributed by atoms with Crippen molar-refractivity contribution in [3.63, 3.8) is 0 Å². The molecule has 0 bridgehead atoms. The standard InChI is InChI=1S/C16H17IN2O2/c1-12(7-8-13-5-3-2-4-6-13)18-15-10-9-14(17)11-16(15)19(20)21/h2-6,9-12,18H,7-8H2,1H3. The minimum atomic E-state index is -0.339. The van der Waals surface area contributed by atoms with Crippen LogP contribution in [0.1, 0.15) is 18.9 Å². The second-order valence-electron chi connectivity index (χ2n) is 4.99. The molecule has 0 aromatic heterocycles. The molecule has 4 nitrogen and oxygen atoms in total. The fourth-order valence-electron chi connectivity index (χ4n) is 2.14. The predicted octanol–water partition coefficient (Wildman–Crippen LogP) is 4.63. The highest BCUT2D eigenvalue weighted by Gasteiger charge is 2.15. The Hall–Kier alpha value is -1.63. The van der Waals surface area contributed by atoms with Crippen LogP contribution in [-0.4, -0.2) is 11.0 Å². The molecule has 5 heteroatoms. The van der Waals surface area contributed by atoms with Crippen molar-refractivity contribution in [3.8, 4) is 0 Å². The van der Waals surface area contributed by atoms with Crippen LogP contribution in [0.5, 0.6) is 0 Å². The molecule has 0 saturated heterocycles. The smallest absolute Gasteiger partial charge is 0.293 e. The van der Waals surface area contributed by atoms with Gasteiger partial charge in [-0.3, -0.25) is 10.1 Å². The number of nitro groups is 1. The van der Waals surface area contributed by atoms with E-state index in [-0.39, 0.29) is 16.7 Å². The third kappa shape index (κ3) is 4.70. The van der Waals surface area contributed by atoms with E-state index in [4.69, 9.17) is 0 Å². The van der Waals surface area contributed by atoms with Crippen molar-refractivity contribution in [1.82, 2.24) is 0 Å². The minimum absolute atomic E-state index is 0.133. The molecule has 2 aromatic carbocycles. The third-order valence-electron chi connectivity index (χ3n) is 3.27. The molecule has 0 aliphatic heterocycles. The summed E-state index contributed by atoms with van der Waals surface area (Å²) < 4.78 is 0.863. The normalized spacial score (nSPS) is 11.9. The number of anilines is 1. The molecule has 0 aliphatic rings. The van der Waals surface area contributed by atoms with Crippen LogP contribution in [0.15, 0.2) is 48.5 Å². The summed E-state index contributed by atoms with van der Waals surface area (Å²) in [6, 6.07) is 15.7. The van der Waals surface area contributed by atoms with E-state index in [0.717, 1.165) is 16.4 Å². The molecule has 0 amide bonds. The maximum atomic E-state index is 11.1. The highest BCUT2D eigenvalue weighted by molar-refractivity contribution is 14.1. The van der Waals surface area contributed by atoms with Crippen LogP contribution in [0.4, 0.5) is 11.4 Å². The summed E-state index contributed by atoms with van der Waals surface area (Å²) in [7, 11) is 0. The van der Waals surface area contributed by atoms with Gasteiger partial charge in [0, 0.05) is 15.7 Å². The minimum Gasteiger partial charge on any atom is -0.377 e. The van der Waals surface area contributed by atoms with Crippen LogP contribution in [0, 0.1) is 13.7 Å². The number of rotatable bonds is 6. The number of benzene rings is 2. The van der Waals surface area contributed by atoms with E-state index < -0.39 is 0 Å². The van der Waals surface area contributed by atoms with Crippen LogP contribution in [0.3, 0.4) is 0 Å². The fraction of sp³-hybridized carbons (Fsp3) is 0.250. The summed E-state index contributed by atoms with van der Waals surface area (Å²) in [5, 5.41) is 14.3. The van der Waals surface area contributed by atoms with Crippen molar-refractivity contribution in [1.29, 1.82) is 0 Å². The molecule has 110 valence electrons. The third-order valence-corrected chi connectivity index (χ3v) is 3.94. The average Bonchev–Trinajstić information content (AvgIpc) is 2.48. The van der Waals surface area contributed by atoms with E-state index in [2.05, 4.69) is 40.0 Å². The molecule has 0 saturated carbocycles. The van der Waals surface area contributed by atoms with Crippen LogP contribution in [0.2, 0.25) is 0 Å². The quantitative estimate of drug-likeness (QED) is 0.440. The Morgan fingerprint density at radius 1 is 1.24 bits per heavy atom. The summed E-state index contributed by atoms with van der Waals surface area (Å²) in [5.41, 5.74) is 2.00. The molecule has 21 heavy (non-hydrogen) atoms. The lowest BCUT2D eigenvalue weighted by Crippen LogP contribution is -2.17. The number of nitro benzene ring substituents is 1. The molecule has 1 N–H and O–H groups in total. The Morgan fingerprint density at radius 3 is 2.62 bits per heavy atom. The zero-order valence-corrected chi connectivity index (χ0v) is 13.9. The Balaban J connectivity index is 1.99. The number of halogens is 1. The molecular formula is C16H17IN2O2. The van der Waals surface area contributed by atoms with E-state index in [9.17, 15) is 10.1 Å². The van der Waals surface area contributed by atoms with Crippen LogP contribution in [0.25, 0.3) is 0 Å². The number of hydrogen-bond acceptors (Lipinski definition) is 3. The summed E-state index contributed by atoms with van der Waals surface area (Å²) >= 11 is 2.08. The Kier molecular flexibility index (Phi) is 5.55. The summed E-state index contributed by atoms with van der Waals surface area (Å²) in [5.74, 6) is 0. The molecule has 0 heterocycles. The highest BCUT2D eigenvalue weighted by atomic mass is 127. The molecular weight excluding hydrogens is 379 g/mol. The van der Waals surface area contributed by atoms with Crippen molar-refractivity contribution in [3.05, 3.63) is 67.8 Å². The van der Waals surface area contributed by atoms with Gasteiger partial charge < -0.3 is 5.32 Å². The van der Waals surface area contributed by atoms with E-state index >= 15 is 0 Å². The number of hydrogen-bond donors (Lipinski definition) is 1. The van der Waals surface area contributed by atoms with E-state index in [1.165, 1.54) is 5.56 Å². The first-order valence-electron chi connectivity index (χ1n) is 6.80. The Morgan fingerprint density at radius 2 is 1.95 bits per heavy atom. The highest BCUT2D eigenvalue weighted by Crippen LogP contribution is 2.27. The van der Waals surface area contributed by atoms with Gasteiger partial charge in [0.05, 0.1) is 4.92 Å². The van der Waals surface area contributed by atoms with E-state index in [1.807, 2.05) is 31.2 Å². The van der Waals surface area contributed by atoms with Gasteiger partial charge in [0.25, 0.3) is 5.69 Å². The number of nitrogens with one attached hydrogen (secondary N) is 1. The first kappa shape index (κ1) is 15.8. The molecule has 0 spiro atoms. The maximum absolute atomic E-state index is 11.1. The summed E-state index contributed by atoms with van der Waals surface area (Å²) in [6.07, 6.45) is 1.88. The van der Waals surface area contributed by atoms with Crippen molar-refractivity contribution < 1.29 is 4.92 Å². The molecule has 1 atom stereocenters. The van der Waals surface area contributed by atoms with Crippen LogP contribution < -0.4 is 5.32 Å². The van der Waals surface area contributed by atoms with Gasteiger partial charge in [-0.05, 0) is 60.1 Å². The van der Waals surface area contributed by atoms with Gasteiger partial charge in [-0.15, -0.1) is 0 Å². The Labute approximate surface area is 137 Å². The SMILES string of the molecule is CC(CCc1ccccc1)Nc1ccc(I)cc1[N+](=O)[O-]. The van der Waals surface area contributed by atoms with E-state index in [0.29, 0.717) is 5.69 Å². The predicted molar refractivity (Wildman–Crippen MR) is 93.7 cm³/mol. The second-order valence-corrected chi connectivity index (χ2v) is 6.23. The van der Waals surface area contributed by atoms with Gasteiger partial charge in [0.15, 0.2) is 0 Å². The molecule has 2 rings (SSSR count). The first-order valence-corrected chi connectivity index (χ1v) is 7.88. The molecule has 0 fully saturated rings. The zero-order chi connectivity index (χ0) is 15.2. The largest absolute Gasteiger partial charge is 0.377 e. The zero-order valence-electron chi connectivity index (χ0n) is 11.8. The summed E-state index contributed by atoms with van der Waals surface area (Å²) in [6.45, 7) is 2.05. The van der Waals surface area contributed by atoms with Crippen molar-refractivity contribution in [2.24, 2.45) is 0 Å². The van der Waals surface area contributed by atoms with Crippen LogP contribution in [-0.2, 0) is 6.42 Å². The molecule has 2 aromatic rings. The monoisotopic (exact) mass is 396 g/mol. The van der Waals surface area contributed by atoms with Gasteiger partial charge in [-0.2, -0.15) is 0 Å². The Bertz CT molecular complexity index is 617. The van der Waals surface area contributed by atoms with Gasteiger partial charge >= 0.3 is 0 Å². The topological polar surface area (TPSA) is 55.2 Å². The van der Waals surface area contributed by atoms with Gasteiger partial charge in [-0.1, -0.05) is 30.3 Å². The lowest BCUT2D eigenvalue weighted by Gasteiger charge is -2.15. The molecule has 0 radical (unpaired) electrons. The van der Waals surface area contributed by atoms with Gasteiger partial charge in [-0.25, -0.2) is 0 Å². The maximum Gasteiger partial charge on any atom is 0.293 e. The molecule has 1 unspecified atom stereocenters. The first-order chi connectivity index (χ1) is 10.1. The van der Waals surface area contributed by atoms with Crippen LogP contribution >= 0.6 is 22.6 Å². The van der Waals surface area contributed by atoms with Crippen molar-refractivity contribution >= 4 is 34.0 Å². The second kappa shape index (κ2) is 7.40. The lowest BCUT2D eigenvalue weighted by molar-refractivity contribution is -0.384. The molecule has 0 aliphatic carbocycles. The number of aryl methyl sites for hydroxylation is 1. The van der Waals surface area contributed by atoms with Gasteiger partial charge in [0.2, 0.25) is 0 Å². The van der Waals surface area contributed by atoms with Crippen molar-refractivity contribution in [2.75, 3.05) is 5.32 Å². The van der Waals surface area contributed by atoms with E-state index in [1.54, 1.807) is 12.1 Å². The van der Waals surface area contributed by atoms with Crippen molar-refractivity contribution in [2.45, 2.75) is 25.8 Å². The average molecular weight is 396 g/mol. The van der Waals surface area contributed by atoms with Gasteiger partial charge in [0.1, 0.15) is 5.69 Å². The summed E-state index contributed by atoms with van der Waals surface area (Å²) in [4.78, 5) is 10.8. The number of nitrogens with zero attached hydrogens (tertiary/aromatic N) is 1. The fourth-order valence-corrected chi connectivity index (χ4v) is 2.62. The lowest BCUT2D eigenvalue weighted by atomic mass is 10.1.